The second-order valence-electron chi connectivity index (χ2n) is 5.94. The van der Waals surface area contributed by atoms with Gasteiger partial charge in [0, 0.05) is 45.0 Å². The first kappa shape index (κ1) is 17.2. The molecule has 0 radical (unpaired) electrons. The van der Waals surface area contributed by atoms with Crippen LogP contribution in [0.4, 0.5) is 0 Å². The molecule has 1 heterocycles. The molecule has 23 heavy (non-hydrogen) atoms. The van der Waals surface area contributed by atoms with Gasteiger partial charge in [-0.25, -0.2) is 0 Å². The highest BCUT2D eigenvalue weighted by Gasteiger charge is 2.16. The predicted octanol–water partition coefficient (Wildman–Crippen LogP) is 1.19. The minimum absolute atomic E-state index is 0.0512. The van der Waals surface area contributed by atoms with Gasteiger partial charge in [-0.15, -0.1) is 0 Å². The first-order valence-corrected chi connectivity index (χ1v) is 8.30. The summed E-state index contributed by atoms with van der Waals surface area (Å²) in [6.45, 7) is 0.914. The average molecular weight is 317 g/mol. The molecular formula is C17H27N5O. The van der Waals surface area contributed by atoms with Crippen molar-refractivity contribution in [1.82, 2.24) is 20.5 Å². The zero-order valence-electron chi connectivity index (χ0n) is 14.1. The molecule has 126 valence electrons. The van der Waals surface area contributed by atoms with E-state index in [1.165, 1.54) is 25.7 Å². The van der Waals surface area contributed by atoms with Crippen molar-refractivity contribution in [2.45, 2.75) is 38.1 Å². The predicted molar refractivity (Wildman–Crippen MR) is 92.3 cm³/mol. The van der Waals surface area contributed by atoms with Crippen LogP contribution in [-0.4, -0.2) is 55.0 Å². The second kappa shape index (κ2) is 9.12. The van der Waals surface area contributed by atoms with Gasteiger partial charge in [-0.3, -0.25) is 14.8 Å². The first-order chi connectivity index (χ1) is 11.2. The largest absolute Gasteiger partial charge is 0.354 e. The molecule has 2 N–H and O–H groups in total. The van der Waals surface area contributed by atoms with Gasteiger partial charge in [0.15, 0.2) is 5.96 Å². The highest BCUT2D eigenvalue weighted by atomic mass is 16.2. The van der Waals surface area contributed by atoms with E-state index in [2.05, 4.69) is 20.6 Å². The van der Waals surface area contributed by atoms with Crippen molar-refractivity contribution in [2.75, 3.05) is 27.2 Å². The molecule has 0 saturated heterocycles. The zero-order valence-corrected chi connectivity index (χ0v) is 14.1. The zero-order chi connectivity index (χ0) is 16.5. The van der Waals surface area contributed by atoms with Crippen molar-refractivity contribution in [3.05, 3.63) is 30.1 Å². The molecule has 1 aliphatic rings. The van der Waals surface area contributed by atoms with E-state index in [-0.39, 0.29) is 12.5 Å². The minimum Gasteiger partial charge on any atom is -0.354 e. The van der Waals surface area contributed by atoms with Crippen molar-refractivity contribution in [3.63, 3.8) is 0 Å². The third-order valence-electron chi connectivity index (χ3n) is 4.18. The maximum Gasteiger partial charge on any atom is 0.241 e. The van der Waals surface area contributed by atoms with Crippen LogP contribution in [0.3, 0.4) is 0 Å². The maximum atomic E-state index is 12.2. The molecule has 0 atom stereocenters. The van der Waals surface area contributed by atoms with Gasteiger partial charge >= 0.3 is 0 Å². The number of amides is 1. The summed E-state index contributed by atoms with van der Waals surface area (Å²) in [4.78, 5) is 22.4. The molecule has 1 fully saturated rings. The molecule has 0 aromatic carbocycles. The standard InChI is InChI=1S/C17H27N5O/c1-18-17(21-15-8-3-4-9-15)20-13-16(23)22(2)12-10-14-7-5-6-11-19-14/h5-7,11,15H,3-4,8-10,12-13H2,1-2H3,(H2,18,20,21). The van der Waals surface area contributed by atoms with E-state index in [4.69, 9.17) is 0 Å². The lowest BCUT2D eigenvalue weighted by molar-refractivity contribution is -0.128. The van der Waals surface area contributed by atoms with Gasteiger partial charge in [0.05, 0.1) is 6.54 Å². The molecule has 0 aliphatic heterocycles. The number of carbonyl (C=O) groups is 1. The Kier molecular flexibility index (Phi) is 6.84. The van der Waals surface area contributed by atoms with Crippen LogP contribution in [0.15, 0.2) is 29.4 Å². The Balaban J connectivity index is 1.70. The lowest BCUT2D eigenvalue weighted by Crippen LogP contribution is -2.46. The number of nitrogens with zero attached hydrogens (tertiary/aromatic N) is 3. The van der Waals surface area contributed by atoms with Crippen LogP contribution in [0.5, 0.6) is 0 Å². The summed E-state index contributed by atoms with van der Waals surface area (Å²) in [5.41, 5.74) is 0.999. The lowest BCUT2D eigenvalue weighted by Gasteiger charge is -2.20. The van der Waals surface area contributed by atoms with Crippen LogP contribution in [0, 0.1) is 0 Å². The Hall–Kier alpha value is -2.11. The van der Waals surface area contributed by atoms with Crippen LogP contribution in [0.2, 0.25) is 0 Å². The van der Waals surface area contributed by atoms with Gasteiger partial charge in [-0.1, -0.05) is 18.9 Å². The topological polar surface area (TPSA) is 69.6 Å². The van der Waals surface area contributed by atoms with Crippen LogP contribution in [-0.2, 0) is 11.2 Å². The third kappa shape index (κ3) is 5.88. The molecule has 0 spiro atoms. The first-order valence-electron chi connectivity index (χ1n) is 8.30. The number of hydrogen-bond acceptors (Lipinski definition) is 3. The summed E-state index contributed by atoms with van der Waals surface area (Å²) in [6, 6.07) is 6.32. The number of nitrogens with one attached hydrogen (secondary N) is 2. The average Bonchev–Trinajstić information content (AvgIpc) is 3.10. The lowest BCUT2D eigenvalue weighted by atomic mass is 10.2. The molecule has 1 aliphatic carbocycles. The number of rotatable bonds is 6. The monoisotopic (exact) mass is 317 g/mol. The highest BCUT2D eigenvalue weighted by Crippen LogP contribution is 2.17. The van der Waals surface area contributed by atoms with E-state index in [0.717, 1.165) is 12.1 Å². The minimum atomic E-state index is 0.0512. The maximum absolute atomic E-state index is 12.2. The van der Waals surface area contributed by atoms with Crippen molar-refractivity contribution in [1.29, 1.82) is 0 Å². The van der Waals surface area contributed by atoms with Gasteiger partial charge in [0.25, 0.3) is 0 Å². The summed E-state index contributed by atoms with van der Waals surface area (Å²) in [5.74, 6) is 0.763. The quantitative estimate of drug-likeness (QED) is 0.611. The number of guanidine groups is 1. The van der Waals surface area contributed by atoms with Crippen molar-refractivity contribution in [3.8, 4) is 0 Å². The number of pyridine rings is 1. The molecule has 6 heteroatoms. The second-order valence-corrected chi connectivity index (χ2v) is 5.94. The Morgan fingerprint density at radius 2 is 2.17 bits per heavy atom. The highest BCUT2D eigenvalue weighted by molar-refractivity contribution is 5.86. The normalized spacial score (nSPS) is 15.5. The fourth-order valence-corrected chi connectivity index (χ4v) is 2.71. The van der Waals surface area contributed by atoms with E-state index < -0.39 is 0 Å². The van der Waals surface area contributed by atoms with Crippen LogP contribution in [0.1, 0.15) is 31.4 Å². The summed E-state index contributed by atoms with van der Waals surface area (Å²) >= 11 is 0. The third-order valence-corrected chi connectivity index (χ3v) is 4.18. The van der Waals surface area contributed by atoms with E-state index >= 15 is 0 Å². The fourth-order valence-electron chi connectivity index (χ4n) is 2.71. The smallest absolute Gasteiger partial charge is 0.241 e. The van der Waals surface area contributed by atoms with Crippen molar-refractivity contribution in [2.24, 2.45) is 4.99 Å². The van der Waals surface area contributed by atoms with Gasteiger partial charge in [-0.05, 0) is 25.0 Å². The number of aromatic nitrogens is 1. The molecule has 1 aromatic heterocycles. The van der Waals surface area contributed by atoms with Crippen molar-refractivity contribution >= 4 is 11.9 Å². The molecule has 6 nitrogen and oxygen atoms in total. The Morgan fingerprint density at radius 3 is 2.83 bits per heavy atom. The molecular weight excluding hydrogens is 290 g/mol. The SMILES string of the molecule is CN=C(NCC(=O)N(C)CCc1ccccn1)NC1CCCC1. The van der Waals surface area contributed by atoms with Crippen LogP contribution < -0.4 is 10.6 Å². The molecule has 2 rings (SSSR count). The van der Waals surface area contributed by atoms with E-state index in [9.17, 15) is 4.79 Å². The van der Waals surface area contributed by atoms with E-state index in [1.807, 2.05) is 25.2 Å². The van der Waals surface area contributed by atoms with Crippen molar-refractivity contribution < 1.29 is 4.79 Å². The number of aliphatic imine (C=N–C) groups is 1. The number of carbonyl (C=O) groups excluding carboxylic acids is 1. The van der Waals surface area contributed by atoms with Gasteiger partial charge in [0.1, 0.15) is 0 Å². The molecule has 1 amide bonds. The summed E-state index contributed by atoms with van der Waals surface area (Å²) in [7, 11) is 3.56. The van der Waals surface area contributed by atoms with Crippen LogP contribution >= 0.6 is 0 Å². The molecule has 1 saturated carbocycles. The summed E-state index contributed by atoms with van der Waals surface area (Å²) < 4.78 is 0. The van der Waals surface area contributed by atoms with E-state index in [0.29, 0.717) is 18.5 Å². The Bertz CT molecular complexity index is 511. The van der Waals surface area contributed by atoms with E-state index in [1.54, 1.807) is 18.1 Å². The number of hydrogen-bond donors (Lipinski definition) is 2. The summed E-state index contributed by atoms with van der Waals surface area (Å²) in [5, 5.41) is 6.48. The van der Waals surface area contributed by atoms with Gasteiger partial charge in [-0.2, -0.15) is 0 Å². The number of likely N-dealkylation sites (N-methyl/N-ethyl adjacent to an activating group) is 1. The molecule has 0 unspecified atom stereocenters. The Labute approximate surface area is 138 Å². The van der Waals surface area contributed by atoms with Gasteiger partial charge in [0.2, 0.25) is 5.91 Å². The van der Waals surface area contributed by atoms with Crippen LogP contribution in [0.25, 0.3) is 0 Å². The molecule has 0 bridgehead atoms. The molecule has 1 aromatic rings. The summed E-state index contributed by atoms with van der Waals surface area (Å²) in [6.07, 6.45) is 7.43. The van der Waals surface area contributed by atoms with Gasteiger partial charge < -0.3 is 15.5 Å². The Morgan fingerprint density at radius 1 is 1.39 bits per heavy atom. The fraction of sp³-hybridized carbons (Fsp3) is 0.588.